The van der Waals surface area contributed by atoms with Crippen molar-refractivity contribution in [3.05, 3.63) is 0 Å². The van der Waals surface area contributed by atoms with Crippen molar-refractivity contribution in [3.63, 3.8) is 0 Å². The summed E-state index contributed by atoms with van der Waals surface area (Å²) in [5.41, 5.74) is 0.119. The van der Waals surface area contributed by atoms with Crippen molar-refractivity contribution in [2.24, 2.45) is 28.6 Å². The zero-order chi connectivity index (χ0) is 16.5. The molecule has 0 unspecified atom stereocenters. The van der Waals surface area contributed by atoms with Gasteiger partial charge in [-0.2, -0.15) is 0 Å². The van der Waals surface area contributed by atoms with Gasteiger partial charge in [0.2, 0.25) is 5.91 Å². The average Bonchev–Trinajstić information content (AvgIpc) is 2.97. The Hall–Kier alpha value is 0.430. The largest absolute Gasteiger partial charge is 0.352 e. The van der Waals surface area contributed by atoms with Crippen molar-refractivity contribution in [1.82, 2.24) is 5.32 Å². The van der Waals surface area contributed by atoms with Crippen LogP contribution in [0.5, 0.6) is 0 Å². The first kappa shape index (κ1) is 16.9. The summed E-state index contributed by atoms with van der Waals surface area (Å²) in [6.07, 6.45) is 11.7. The molecule has 0 spiro atoms. The van der Waals surface area contributed by atoms with Gasteiger partial charge >= 0.3 is 0 Å². The van der Waals surface area contributed by atoms with E-state index in [9.17, 15) is 4.79 Å². The summed E-state index contributed by atoms with van der Waals surface area (Å²) in [6, 6.07) is 0.390. The predicted molar refractivity (Wildman–Crippen MR) is 101 cm³/mol. The van der Waals surface area contributed by atoms with Crippen molar-refractivity contribution in [1.29, 1.82) is 0 Å². The van der Waals surface area contributed by atoms with Crippen LogP contribution in [-0.2, 0) is 4.79 Å². The molecule has 5 rings (SSSR count). The molecule has 2 nitrogen and oxygen atoms in total. The van der Waals surface area contributed by atoms with Crippen molar-refractivity contribution < 1.29 is 4.79 Å². The Balaban J connectivity index is 1.53. The molecule has 2 atom stereocenters. The molecule has 0 aromatic carbocycles. The molecule has 1 amide bonds. The van der Waals surface area contributed by atoms with Gasteiger partial charge < -0.3 is 5.32 Å². The minimum atomic E-state index is -0.290. The first-order chi connectivity index (χ1) is 10.8. The van der Waals surface area contributed by atoms with Crippen LogP contribution in [0.2, 0.25) is 0 Å². The Labute approximate surface area is 157 Å². The Morgan fingerprint density at radius 3 is 2.00 bits per heavy atom. The lowest BCUT2D eigenvalue weighted by molar-refractivity contribution is -0.131. The first-order valence-corrected chi connectivity index (χ1v) is 11.1. The average molecular weight is 447 g/mol. The number of hydrogen-bond acceptors (Lipinski definition) is 1. The number of carbonyl (C=O) groups excluding carboxylic acids is 1. The Morgan fingerprint density at radius 2 is 1.61 bits per heavy atom. The van der Waals surface area contributed by atoms with Crippen LogP contribution in [0.15, 0.2) is 0 Å². The van der Waals surface area contributed by atoms with Crippen molar-refractivity contribution in [2.45, 2.75) is 80.9 Å². The molecule has 0 aliphatic heterocycles. The maximum atomic E-state index is 12.9. The number of hydrogen-bond donors (Lipinski definition) is 1. The van der Waals surface area contributed by atoms with Crippen LogP contribution in [0.25, 0.3) is 0 Å². The van der Waals surface area contributed by atoms with Gasteiger partial charge in [-0.15, -0.1) is 0 Å². The minimum absolute atomic E-state index is 0.185. The molecule has 0 aromatic heterocycles. The highest BCUT2D eigenvalue weighted by atomic mass is 79.9. The van der Waals surface area contributed by atoms with Gasteiger partial charge in [0.1, 0.15) is 0 Å². The van der Waals surface area contributed by atoms with Gasteiger partial charge in [-0.25, -0.2) is 0 Å². The lowest BCUT2D eigenvalue weighted by Crippen LogP contribution is -2.57. The van der Waals surface area contributed by atoms with Gasteiger partial charge in [0.05, 0.1) is 8.65 Å². The molecule has 0 saturated heterocycles. The second kappa shape index (κ2) is 5.46. The Kier molecular flexibility index (Phi) is 4.01. The summed E-state index contributed by atoms with van der Waals surface area (Å²) in [6.45, 7) is 4.34. The van der Waals surface area contributed by atoms with Crippen LogP contribution >= 0.6 is 31.9 Å². The number of amides is 1. The molecule has 5 fully saturated rings. The quantitative estimate of drug-likeness (QED) is 0.564. The summed E-state index contributed by atoms with van der Waals surface area (Å²) >= 11 is 7.32. The highest BCUT2D eigenvalue weighted by molar-refractivity contribution is 9.25. The predicted octanol–water partition coefficient (Wildman–Crippen LogP) is 5.38. The second-order valence-corrected chi connectivity index (χ2v) is 13.1. The summed E-state index contributed by atoms with van der Waals surface area (Å²) in [5, 5.41) is 3.53. The molecule has 5 aliphatic rings. The maximum Gasteiger partial charge on any atom is 0.228 e. The van der Waals surface area contributed by atoms with Gasteiger partial charge in [-0.05, 0) is 81.5 Å². The van der Waals surface area contributed by atoms with Gasteiger partial charge in [-0.1, -0.05) is 45.2 Å². The standard InChI is InChI=1S/C19H29Br2NO/c1-3-4-15(22-16(23)17(2)11-19(17,20)21)18-8-12-5-13(9-18)7-14(6-12)10-18/h12-15H,3-11H2,1-2H3,(H,22,23)/t12?,13?,14?,15-,17-,18?/m0/s1. The third kappa shape index (κ3) is 2.65. The van der Waals surface area contributed by atoms with Crippen LogP contribution in [0.3, 0.4) is 0 Å². The first-order valence-electron chi connectivity index (χ1n) is 9.47. The molecule has 4 heteroatoms. The smallest absolute Gasteiger partial charge is 0.228 e. The van der Waals surface area contributed by atoms with Gasteiger partial charge in [-0.3, -0.25) is 4.79 Å². The van der Waals surface area contributed by atoms with E-state index in [-0.39, 0.29) is 14.6 Å². The van der Waals surface area contributed by atoms with Crippen molar-refractivity contribution in [3.8, 4) is 0 Å². The minimum Gasteiger partial charge on any atom is -0.352 e. The SMILES string of the molecule is CCC[C@H](NC(=O)[C@]1(C)CC1(Br)Br)C12CC3CC(CC(C3)C1)C2. The number of nitrogens with one attached hydrogen (secondary N) is 1. The van der Waals surface area contributed by atoms with E-state index in [1.807, 2.05) is 0 Å². The maximum absolute atomic E-state index is 12.9. The normalized spacial score (nSPS) is 47.4. The molecule has 5 saturated carbocycles. The third-order valence-corrected chi connectivity index (χ3v) is 9.78. The number of alkyl halides is 2. The van der Waals surface area contributed by atoms with Gasteiger partial charge in [0, 0.05) is 6.04 Å². The van der Waals surface area contributed by atoms with E-state index in [1.165, 1.54) is 38.5 Å². The van der Waals surface area contributed by atoms with E-state index in [1.54, 1.807) is 0 Å². The third-order valence-electron chi connectivity index (χ3n) is 7.47. The van der Waals surface area contributed by atoms with Crippen molar-refractivity contribution >= 4 is 37.8 Å². The molecule has 130 valence electrons. The molecule has 0 radical (unpaired) electrons. The lowest BCUT2D eigenvalue weighted by atomic mass is 9.47. The lowest BCUT2D eigenvalue weighted by Gasteiger charge is -2.59. The molecular formula is C19H29Br2NO. The summed E-state index contributed by atoms with van der Waals surface area (Å²) in [4.78, 5) is 12.9. The van der Waals surface area contributed by atoms with E-state index < -0.39 is 0 Å². The van der Waals surface area contributed by atoms with E-state index in [0.717, 1.165) is 37.0 Å². The molecule has 0 heterocycles. The zero-order valence-corrected chi connectivity index (χ0v) is 17.5. The molecule has 0 aromatic rings. The number of halogens is 2. The Bertz CT molecular complexity index is 482. The van der Waals surface area contributed by atoms with E-state index in [0.29, 0.717) is 11.5 Å². The fraction of sp³-hybridized carbons (Fsp3) is 0.947. The van der Waals surface area contributed by atoms with Crippen LogP contribution in [-0.4, -0.2) is 15.2 Å². The molecule has 5 aliphatic carbocycles. The second-order valence-electron chi connectivity index (χ2n) is 9.31. The van der Waals surface area contributed by atoms with E-state index in [2.05, 4.69) is 51.0 Å². The molecule has 23 heavy (non-hydrogen) atoms. The number of rotatable bonds is 5. The van der Waals surface area contributed by atoms with Crippen LogP contribution in [0.1, 0.15) is 71.6 Å². The fourth-order valence-electron chi connectivity index (χ4n) is 6.39. The van der Waals surface area contributed by atoms with Crippen LogP contribution < -0.4 is 5.32 Å². The summed E-state index contributed by atoms with van der Waals surface area (Å²) in [7, 11) is 0. The monoisotopic (exact) mass is 445 g/mol. The zero-order valence-electron chi connectivity index (χ0n) is 14.3. The van der Waals surface area contributed by atoms with Gasteiger partial charge in [0.15, 0.2) is 0 Å². The van der Waals surface area contributed by atoms with E-state index in [4.69, 9.17) is 0 Å². The van der Waals surface area contributed by atoms with Gasteiger partial charge in [0.25, 0.3) is 0 Å². The number of carbonyl (C=O) groups is 1. The highest BCUT2D eigenvalue weighted by Crippen LogP contribution is 2.67. The van der Waals surface area contributed by atoms with Crippen LogP contribution in [0, 0.1) is 28.6 Å². The summed E-state index contributed by atoms with van der Waals surface area (Å²) < 4.78 is -0.185. The molecule has 1 N–H and O–H groups in total. The molecule has 4 bridgehead atoms. The molecular weight excluding hydrogens is 418 g/mol. The van der Waals surface area contributed by atoms with E-state index >= 15 is 0 Å². The van der Waals surface area contributed by atoms with Crippen LogP contribution in [0.4, 0.5) is 0 Å². The highest BCUT2D eigenvalue weighted by Gasteiger charge is 2.67. The fourth-order valence-corrected chi connectivity index (χ4v) is 7.87. The topological polar surface area (TPSA) is 29.1 Å². The van der Waals surface area contributed by atoms with Crippen molar-refractivity contribution in [2.75, 3.05) is 0 Å². The Morgan fingerprint density at radius 1 is 1.13 bits per heavy atom. The summed E-state index contributed by atoms with van der Waals surface area (Å²) in [5.74, 6) is 3.09.